The van der Waals surface area contributed by atoms with E-state index in [1.807, 2.05) is 31.2 Å². The maximum absolute atomic E-state index is 12.4. The normalized spacial score (nSPS) is 10.6. The third kappa shape index (κ3) is 5.47. The van der Waals surface area contributed by atoms with Gasteiger partial charge in [0.2, 0.25) is 11.8 Å². The molecule has 4 aromatic rings. The quantitative estimate of drug-likeness (QED) is 0.346. The molecule has 0 aliphatic carbocycles. The number of phenols is 1. The molecule has 0 unspecified atom stereocenters. The number of phenolic OH excluding ortho intramolecular Hbond substituents is 1. The lowest BCUT2D eigenvalue weighted by atomic mass is 10.1. The smallest absolute Gasteiger partial charge is 0.251 e. The van der Waals surface area contributed by atoms with Gasteiger partial charge in [-0.1, -0.05) is 24.3 Å². The standard InChI is InChI=1S/C26H24N4O4/c1-17-6-2-3-9-22(17)26-30-29-25(34-26)19-12-10-18(11-13-19)23(32)27-14-5-15-28-24(33)20-7-4-8-21(31)16-20/h2-4,6-13,16,31H,5,14-15H2,1H3,(H,27,32)(H,28,33). The number of nitrogens with one attached hydrogen (secondary N) is 2. The first-order valence-electron chi connectivity index (χ1n) is 10.9. The zero-order chi connectivity index (χ0) is 23.9. The fraction of sp³-hybridized carbons (Fsp3) is 0.154. The summed E-state index contributed by atoms with van der Waals surface area (Å²) in [7, 11) is 0. The predicted octanol–water partition coefficient (Wildman–Crippen LogP) is 3.97. The molecule has 8 heteroatoms. The molecular weight excluding hydrogens is 432 g/mol. The van der Waals surface area contributed by atoms with Crippen molar-refractivity contribution in [2.24, 2.45) is 0 Å². The molecule has 0 atom stereocenters. The zero-order valence-corrected chi connectivity index (χ0v) is 18.6. The number of carbonyl (C=O) groups is 2. The second kappa shape index (κ2) is 10.4. The molecule has 1 heterocycles. The van der Waals surface area contributed by atoms with Crippen molar-refractivity contribution < 1.29 is 19.1 Å². The molecule has 0 fully saturated rings. The van der Waals surface area contributed by atoms with Crippen molar-refractivity contribution in [2.75, 3.05) is 13.1 Å². The van der Waals surface area contributed by atoms with Gasteiger partial charge in [-0.15, -0.1) is 10.2 Å². The average molecular weight is 457 g/mol. The van der Waals surface area contributed by atoms with Crippen LogP contribution >= 0.6 is 0 Å². The third-order valence-electron chi connectivity index (χ3n) is 5.23. The summed E-state index contributed by atoms with van der Waals surface area (Å²) in [6, 6.07) is 20.8. The van der Waals surface area contributed by atoms with E-state index in [0.29, 0.717) is 42.4 Å². The molecule has 0 aliphatic rings. The molecular formula is C26H24N4O4. The van der Waals surface area contributed by atoms with Gasteiger partial charge in [-0.3, -0.25) is 9.59 Å². The Morgan fingerprint density at radius 1 is 0.824 bits per heavy atom. The van der Waals surface area contributed by atoms with E-state index in [2.05, 4.69) is 20.8 Å². The molecule has 0 radical (unpaired) electrons. The van der Waals surface area contributed by atoms with Gasteiger partial charge in [0.15, 0.2) is 0 Å². The molecule has 0 aliphatic heterocycles. The van der Waals surface area contributed by atoms with E-state index in [1.54, 1.807) is 36.4 Å². The van der Waals surface area contributed by atoms with Crippen molar-refractivity contribution in [1.29, 1.82) is 0 Å². The van der Waals surface area contributed by atoms with E-state index in [0.717, 1.165) is 16.7 Å². The maximum Gasteiger partial charge on any atom is 0.251 e. The molecule has 34 heavy (non-hydrogen) atoms. The number of nitrogens with zero attached hydrogens (tertiary/aromatic N) is 2. The molecule has 0 bridgehead atoms. The van der Waals surface area contributed by atoms with Crippen LogP contribution in [0.15, 0.2) is 77.2 Å². The molecule has 0 saturated carbocycles. The number of aromatic nitrogens is 2. The van der Waals surface area contributed by atoms with Crippen LogP contribution in [-0.4, -0.2) is 40.2 Å². The van der Waals surface area contributed by atoms with Crippen molar-refractivity contribution >= 4 is 11.8 Å². The molecule has 0 spiro atoms. The van der Waals surface area contributed by atoms with Crippen LogP contribution in [0.2, 0.25) is 0 Å². The Morgan fingerprint density at radius 2 is 1.50 bits per heavy atom. The molecule has 172 valence electrons. The zero-order valence-electron chi connectivity index (χ0n) is 18.6. The van der Waals surface area contributed by atoms with Gasteiger partial charge in [0.1, 0.15) is 5.75 Å². The van der Waals surface area contributed by atoms with Crippen LogP contribution in [0, 0.1) is 6.92 Å². The number of amides is 2. The van der Waals surface area contributed by atoms with Crippen molar-refractivity contribution in [2.45, 2.75) is 13.3 Å². The van der Waals surface area contributed by atoms with Crippen molar-refractivity contribution in [3.63, 3.8) is 0 Å². The third-order valence-corrected chi connectivity index (χ3v) is 5.23. The van der Waals surface area contributed by atoms with Gasteiger partial charge in [-0.25, -0.2) is 0 Å². The molecule has 3 N–H and O–H groups in total. The van der Waals surface area contributed by atoms with Crippen LogP contribution in [0.3, 0.4) is 0 Å². The van der Waals surface area contributed by atoms with Gasteiger partial charge < -0.3 is 20.2 Å². The highest BCUT2D eigenvalue weighted by Crippen LogP contribution is 2.26. The Morgan fingerprint density at radius 3 is 2.21 bits per heavy atom. The molecule has 2 amide bonds. The summed E-state index contributed by atoms with van der Waals surface area (Å²) in [5.74, 6) is 0.386. The average Bonchev–Trinajstić information content (AvgIpc) is 3.34. The first-order valence-corrected chi connectivity index (χ1v) is 10.9. The summed E-state index contributed by atoms with van der Waals surface area (Å²) in [6.07, 6.45) is 0.568. The maximum atomic E-state index is 12.4. The summed E-state index contributed by atoms with van der Waals surface area (Å²) >= 11 is 0. The SMILES string of the molecule is Cc1ccccc1-c1nnc(-c2ccc(C(=O)NCCCNC(=O)c3cccc(O)c3)cc2)o1. The first kappa shape index (κ1) is 22.7. The van der Waals surface area contributed by atoms with Gasteiger partial charge in [0, 0.05) is 35.3 Å². The van der Waals surface area contributed by atoms with E-state index in [-0.39, 0.29) is 17.6 Å². The Bertz CT molecular complexity index is 1300. The second-order valence-corrected chi connectivity index (χ2v) is 7.72. The van der Waals surface area contributed by atoms with Gasteiger partial charge in [-0.2, -0.15) is 0 Å². The molecule has 1 aromatic heterocycles. The number of aryl methyl sites for hydroxylation is 1. The topological polar surface area (TPSA) is 117 Å². The Balaban J connectivity index is 1.26. The largest absolute Gasteiger partial charge is 0.508 e. The summed E-state index contributed by atoms with van der Waals surface area (Å²) in [5, 5.41) is 23.3. The van der Waals surface area contributed by atoms with Gasteiger partial charge in [0.25, 0.3) is 11.8 Å². The van der Waals surface area contributed by atoms with Crippen LogP contribution in [-0.2, 0) is 0 Å². The Hall–Kier alpha value is -4.46. The summed E-state index contributed by atoms with van der Waals surface area (Å²) < 4.78 is 5.82. The van der Waals surface area contributed by atoms with E-state index in [4.69, 9.17) is 4.42 Å². The predicted molar refractivity (Wildman–Crippen MR) is 127 cm³/mol. The van der Waals surface area contributed by atoms with E-state index < -0.39 is 0 Å². The van der Waals surface area contributed by atoms with Crippen LogP contribution < -0.4 is 10.6 Å². The Labute approximate surface area is 196 Å². The highest BCUT2D eigenvalue weighted by atomic mass is 16.4. The van der Waals surface area contributed by atoms with Gasteiger partial charge in [0.05, 0.1) is 0 Å². The number of benzene rings is 3. The summed E-state index contributed by atoms with van der Waals surface area (Å²) in [6.45, 7) is 2.79. The summed E-state index contributed by atoms with van der Waals surface area (Å²) in [4.78, 5) is 24.4. The minimum Gasteiger partial charge on any atom is -0.508 e. The van der Waals surface area contributed by atoms with Gasteiger partial charge in [-0.05, 0) is 67.4 Å². The van der Waals surface area contributed by atoms with Crippen molar-refractivity contribution in [3.8, 4) is 28.7 Å². The van der Waals surface area contributed by atoms with E-state index >= 15 is 0 Å². The van der Waals surface area contributed by atoms with E-state index in [1.165, 1.54) is 12.1 Å². The lowest BCUT2D eigenvalue weighted by Crippen LogP contribution is -2.29. The summed E-state index contributed by atoms with van der Waals surface area (Å²) in [5.41, 5.74) is 3.54. The lowest BCUT2D eigenvalue weighted by molar-refractivity contribution is 0.0951. The monoisotopic (exact) mass is 456 g/mol. The van der Waals surface area contributed by atoms with Crippen molar-refractivity contribution in [1.82, 2.24) is 20.8 Å². The fourth-order valence-electron chi connectivity index (χ4n) is 3.37. The van der Waals surface area contributed by atoms with Crippen LogP contribution in [0.5, 0.6) is 5.75 Å². The highest BCUT2D eigenvalue weighted by molar-refractivity contribution is 5.95. The number of carbonyl (C=O) groups excluding carboxylic acids is 2. The highest BCUT2D eigenvalue weighted by Gasteiger charge is 2.13. The number of rotatable bonds is 8. The molecule has 0 saturated heterocycles. The lowest BCUT2D eigenvalue weighted by Gasteiger charge is -2.07. The van der Waals surface area contributed by atoms with Crippen LogP contribution in [0.25, 0.3) is 22.9 Å². The number of hydrogen-bond acceptors (Lipinski definition) is 6. The number of aromatic hydroxyl groups is 1. The Kier molecular flexibility index (Phi) is 6.98. The van der Waals surface area contributed by atoms with Crippen LogP contribution in [0.4, 0.5) is 0 Å². The van der Waals surface area contributed by atoms with Crippen molar-refractivity contribution in [3.05, 3.63) is 89.5 Å². The number of hydrogen-bond donors (Lipinski definition) is 3. The molecule has 4 rings (SSSR count). The second-order valence-electron chi connectivity index (χ2n) is 7.72. The molecule has 3 aromatic carbocycles. The fourth-order valence-corrected chi connectivity index (χ4v) is 3.37. The van der Waals surface area contributed by atoms with E-state index in [9.17, 15) is 14.7 Å². The molecule has 8 nitrogen and oxygen atoms in total. The minimum absolute atomic E-state index is 0.0387. The first-order chi connectivity index (χ1) is 16.5. The van der Waals surface area contributed by atoms with Crippen LogP contribution in [0.1, 0.15) is 32.7 Å². The van der Waals surface area contributed by atoms with Gasteiger partial charge >= 0.3 is 0 Å². The minimum atomic E-state index is -0.274.